The van der Waals surface area contributed by atoms with Gasteiger partial charge in [0.25, 0.3) is 0 Å². The summed E-state index contributed by atoms with van der Waals surface area (Å²) in [4.78, 5) is 4.56. The van der Waals surface area contributed by atoms with Gasteiger partial charge in [0.15, 0.2) is 0 Å². The standard InChI is InChI=1S/C17H22N2O/c1-12-3-4-14-10-15(5-6-16(14)19-12)17(18-2)9-13-7-8-20-11-13/h3-6,10,13,17-18H,7-9,11H2,1-2H3. The molecule has 3 heteroatoms. The fraction of sp³-hybridized carbons (Fsp3) is 0.471. The zero-order chi connectivity index (χ0) is 13.9. The van der Waals surface area contributed by atoms with E-state index in [1.807, 2.05) is 14.0 Å². The number of aryl methyl sites for hydroxylation is 1. The summed E-state index contributed by atoms with van der Waals surface area (Å²) in [5.41, 5.74) is 3.49. The number of benzene rings is 1. The highest BCUT2D eigenvalue weighted by molar-refractivity contribution is 5.79. The van der Waals surface area contributed by atoms with Crippen LogP contribution in [0.15, 0.2) is 30.3 Å². The van der Waals surface area contributed by atoms with Gasteiger partial charge in [0.2, 0.25) is 0 Å². The minimum Gasteiger partial charge on any atom is -0.381 e. The highest BCUT2D eigenvalue weighted by Crippen LogP contribution is 2.28. The zero-order valence-corrected chi connectivity index (χ0v) is 12.2. The summed E-state index contributed by atoms with van der Waals surface area (Å²) >= 11 is 0. The first kappa shape index (κ1) is 13.5. The average molecular weight is 270 g/mol. The summed E-state index contributed by atoms with van der Waals surface area (Å²) < 4.78 is 5.48. The van der Waals surface area contributed by atoms with Crippen molar-refractivity contribution in [1.29, 1.82) is 0 Å². The highest BCUT2D eigenvalue weighted by atomic mass is 16.5. The number of pyridine rings is 1. The number of nitrogens with zero attached hydrogens (tertiary/aromatic N) is 1. The van der Waals surface area contributed by atoms with E-state index in [4.69, 9.17) is 4.74 Å². The molecule has 2 atom stereocenters. The van der Waals surface area contributed by atoms with Gasteiger partial charge < -0.3 is 10.1 Å². The van der Waals surface area contributed by atoms with Gasteiger partial charge in [-0.1, -0.05) is 12.1 Å². The normalized spacial score (nSPS) is 20.4. The van der Waals surface area contributed by atoms with Crippen LogP contribution in [0.25, 0.3) is 10.9 Å². The van der Waals surface area contributed by atoms with E-state index in [1.54, 1.807) is 0 Å². The molecule has 1 aromatic carbocycles. The molecule has 1 aliphatic rings. The van der Waals surface area contributed by atoms with Crippen molar-refractivity contribution < 1.29 is 4.74 Å². The molecule has 2 unspecified atom stereocenters. The molecule has 1 saturated heterocycles. The molecule has 0 saturated carbocycles. The van der Waals surface area contributed by atoms with Crippen molar-refractivity contribution in [3.05, 3.63) is 41.6 Å². The van der Waals surface area contributed by atoms with Crippen molar-refractivity contribution in [2.75, 3.05) is 20.3 Å². The number of fused-ring (bicyclic) bond motifs is 1. The van der Waals surface area contributed by atoms with Gasteiger partial charge in [-0.25, -0.2) is 0 Å². The molecule has 0 amide bonds. The van der Waals surface area contributed by atoms with Crippen molar-refractivity contribution in [1.82, 2.24) is 10.3 Å². The zero-order valence-electron chi connectivity index (χ0n) is 12.2. The summed E-state index contributed by atoms with van der Waals surface area (Å²) in [5, 5.41) is 4.66. The predicted octanol–water partition coefficient (Wildman–Crippen LogP) is 3.23. The molecule has 0 aliphatic carbocycles. The fourth-order valence-electron chi connectivity index (χ4n) is 2.99. The number of hydrogen-bond acceptors (Lipinski definition) is 3. The van der Waals surface area contributed by atoms with Crippen molar-refractivity contribution in [3.8, 4) is 0 Å². The minimum atomic E-state index is 0.396. The van der Waals surface area contributed by atoms with Crippen LogP contribution >= 0.6 is 0 Å². The van der Waals surface area contributed by atoms with Crippen molar-refractivity contribution >= 4 is 10.9 Å². The topological polar surface area (TPSA) is 34.1 Å². The molecular weight excluding hydrogens is 248 g/mol. The maximum absolute atomic E-state index is 5.48. The summed E-state index contributed by atoms with van der Waals surface area (Å²) in [6.45, 7) is 3.86. The van der Waals surface area contributed by atoms with Gasteiger partial charge >= 0.3 is 0 Å². The summed E-state index contributed by atoms with van der Waals surface area (Å²) in [6.07, 6.45) is 2.33. The molecule has 1 aromatic heterocycles. The van der Waals surface area contributed by atoms with Gasteiger partial charge in [-0.2, -0.15) is 0 Å². The van der Waals surface area contributed by atoms with Crippen LogP contribution in [0.4, 0.5) is 0 Å². The van der Waals surface area contributed by atoms with Gasteiger partial charge in [0, 0.05) is 30.3 Å². The molecule has 3 nitrogen and oxygen atoms in total. The molecule has 0 spiro atoms. The molecule has 2 aromatic rings. The molecule has 3 rings (SSSR count). The third-order valence-corrected chi connectivity index (χ3v) is 4.20. The van der Waals surface area contributed by atoms with Crippen molar-refractivity contribution in [2.24, 2.45) is 5.92 Å². The number of aromatic nitrogens is 1. The van der Waals surface area contributed by atoms with Gasteiger partial charge in [0.1, 0.15) is 0 Å². The summed E-state index contributed by atoms with van der Waals surface area (Å²) in [6, 6.07) is 11.2. The van der Waals surface area contributed by atoms with E-state index in [-0.39, 0.29) is 0 Å². The monoisotopic (exact) mass is 270 g/mol. The lowest BCUT2D eigenvalue weighted by molar-refractivity contribution is 0.181. The Kier molecular flexibility index (Phi) is 3.99. The SMILES string of the molecule is CNC(CC1CCOC1)c1ccc2nc(C)ccc2c1. The van der Waals surface area contributed by atoms with Gasteiger partial charge in [-0.15, -0.1) is 0 Å². The van der Waals surface area contributed by atoms with Crippen LogP contribution in [0, 0.1) is 12.8 Å². The van der Waals surface area contributed by atoms with Crippen LogP contribution in [-0.4, -0.2) is 25.2 Å². The van der Waals surface area contributed by atoms with E-state index >= 15 is 0 Å². The minimum absolute atomic E-state index is 0.396. The van der Waals surface area contributed by atoms with E-state index in [0.29, 0.717) is 12.0 Å². The van der Waals surface area contributed by atoms with Gasteiger partial charge in [0.05, 0.1) is 5.52 Å². The Labute approximate surface area is 120 Å². The Morgan fingerprint density at radius 2 is 2.25 bits per heavy atom. The predicted molar refractivity (Wildman–Crippen MR) is 81.8 cm³/mol. The third kappa shape index (κ3) is 2.84. The first-order chi connectivity index (χ1) is 9.76. The van der Waals surface area contributed by atoms with Gasteiger partial charge in [-0.3, -0.25) is 4.98 Å². The van der Waals surface area contributed by atoms with Crippen molar-refractivity contribution in [3.63, 3.8) is 0 Å². The Bertz CT molecular complexity index is 591. The molecule has 1 N–H and O–H groups in total. The molecular formula is C17H22N2O. The van der Waals surface area contributed by atoms with E-state index in [0.717, 1.165) is 30.8 Å². The maximum Gasteiger partial charge on any atom is 0.0705 e. The fourth-order valence-corrected chi connectivity index (χ4v) is 2.99. The van der Waals surface area contributed by atoms with Gasteiger partial charge in [-0.05, 0) is 56.5 Å². The molecule has 1 aliphatic heterocycles. The molecule has 20 heavy (non-hydrogen) atoms. The van der Waals surface area contributed by atoms with Crippen LogP contribution in [0.3, 0.4) is 0 Å². The Morgan fingerprint density at radius 3 is 3.00 bits per heavy atom. The lowest BCUT2D eigenvalue weighted by Crippen LogP contribution is -2.20. The van der Waals surface area contributed by atoms with Crippen LogP contribution in [0.5, 0.6) is 0 Å². The van der Waals surface area contributed by atoms with Crippen LogP contribution in [-0.2, 0) is 4.74 Å². The van der Waals surface area contributed by atoms with E-state index < -0.39 is 0 Å². The Hall–Kier alpha value is -1.45. The molecule has 1 fully saturated rings. The summed E-state index contributed by atoms with van der Waals surface area (Å²) in [5.74, 6) is 0.680. The Morgan fingerprint density at radius 1 is 1.35 bits per heavy atom. The smallest absolute Gasteiger partial charge is 0.0705 e. The second-order valence-electron chi connectivity index (χ2n) is 5.71. The molecule has 2 heterocycles. The maximum atomic E-state index is 5.48. The van der Waals surface area contributed by atoms with E-state index in [1.165, 1.54) is 17.4 Å². The van der Waals surface area contributed by atoms with Crippen LogP contribution in [0.1, 0.15) is 30.1 Å². The molecule has 106 valence electrons. The lowest BCUT2D eigenvalue weighted by atomic mass is 9.93. The van der Waals surface area contributed by atoms with E-state index in [2.05, 4.69) is 40.6 Å². The second kappa shape index (κ2) is 5.90. The van der Waals surface area contributed by atoms with E-state index in [9.17, 15) is 0 Å². The lowest BCUT2D eigenvalue weighted by Gasteiger charge is -2.20. The quantitative estimate of drug-likeness (QED) is 0.926. The van der Waals surface area contributed by atoms with Crippen molar-refractivity contribution in [2.45, 2.75) is 25.8 Å². The number of rotatable bonds is 4. The number of nitrogens with one attached hydrogen (secondary N) is 1. The molecule has 0 bridgehead atoms. The number of hydrogen-bond donors (Lipinski definition) is 1. The van der Waals surface area contributed by atoms with Crippen LogP contribution in [0.2, 0.25) is 0 Å². The Balaban J connectivity index is 1.85. The third-order valence-electron chi connectivity index (χ3n) is 4.20. The number of ether oxygens (including phenoxy) is 1. The highest BCUT2D eigenvalue weighted by Gasteiger charge is 2.21. The van der Waals surface area contributed by atoms with Crippen LogP contribution < -0.4 is 5.32 Å². The first-order valence-electron chi connectivity index (χ1n) is 7.38. The molecule has 0 radical (unpaired) electrons. The average Bonchev–Trinajstić information content (AvgIpc) is 2.97. The first-order valence-corrected chi connectivity index (χ1v) is 7.38. The second-order valence-corrected chi connectivity index (χ2v) is 5.71. The largest absolute Gasteiger partial charge is 0.381 e. The summed E-state index contributed by atoms with van der Waals surface area (Å²) in [7, 11) is 2.04.